The lowest BCUT2D eigenvalue weighted by Crippen LogP contribution is -2.16. The third-order valence-corrected chi connectivity index (χ3v) is 1.42. The van der Waals surface area contributed by atoms with Gasteiger partial charge in [0.25, 0.3) is 0 Å². The van der Waals surface area contributed by atoms with Gasteiger partial charge in [-0.3, -0.25) is 0 Å². The summed E-state index contributed by atoms with van der Waals surface area (Å²) in [6, 6.07) is 0. The highest BCUT2D eigenvalue weighted by Crippen LogP contribution is 2.01. The van der Waals surface area contributed by atoms with E-state index in [-0.39, 0.29) is 12.4 Å². The molecule has 0 spiro atoms. The highest BCUT2D eigenvalue weighted by molar-refractivity contribution is 5.85. The van der Waals surface area contributed by atoms with Gasteiger partial charge in [-0.2, -0.15) is 0 Å². The zero-order valence-corrected chi connectivity index (χ0v) is 6.54. The van der Waals surface area contributed by atoms with Crippen molar-refractivity contribution >= 4 is 12.4 Å². The van der Waals surface area contributed by atoms with Crippen LogP contribution in [0, 0.1) is 0 Å². The molecule has 0 radical (unpaired) electrons. The molecule has 0 aliphatic carbocycles. The Labute approximate surface area is 62.4 Å². The van der Waals surface area contributed by atoms with E-state index in [1.165, 1.54) is 6.42 Å². The lowest BCUT2D eigenvalue weighted by atomic mass is 10.3. The van der Waals surface area contributed by atoms with Crippen molar-refractivity contribution in [1.82, 2.24) is 5.32 Å². The van der Waals surface area contributed by atoms with E-state index in [2.05, 4.69) is 5.32 Å². The van der Waals surface area contributed by atoms with E-state index in [0.29, 0.717) is 6.10 Å². The summed E-state index contributed by atoms with van der Waals surface area (Å²) in [7, 11) is 0. The van der Waals surface area contributed by atoms with Gasteiger partial charge in [0.05, 0.1) is 6.10 Å². The molecule has 0 aromatic heterocycles. The minimum Gasteiger partial charge on any atom is -0.377 e. The smallest absolute Gasteiger partial charge is 0.0711 e. The third-order valence-electron chi connectivity index (χ3n) is 1.42. The van der Waals surface area contributed by atoms with Crippen molar-refractivity contribution in [2.75, 3.05) is 19.7 Å². The highest BCUT2D eigenvalue weighted by Gasteiger charge is 2.12. The van der Waals surface area contributed by atoms with Crippen molar-refractivity contribution in [3.63, 3.8) is 0 Å². The summed E-state index contributed by atoms with van der Waals surface area (Å²) in [5.74, 6) is 0. The van der Waals surface area contributed by atoms with Crippen molar-refractivity contribution in [1.29, 1.82) is 0 Å². The Kier molecular flexibility index (Phi) is 5.15. The van der Waals surface area contributed by atoms with Crippen molar-refractivity contribution in [2.45, 2.75) is 19.4 Å². The van der Waals surface area contributed by atoms with E-state index in [1.807, 2.05) is 6.92 Å². The average molecular weight is 152 g/mol. The molecule has 0 amide bonds. The van der Waals surface area contributed by atoms with Gasteiger partial charge in [-0.05, 0) is 19.9 Å². The van der Waals surface area contributed by atoms with Crippen LogP contribution < -0.4 is 5.32 Å². The van der Waals surface area contributed by atoms with Crippen LogP contribution in [0.3, 0.4) is 0 Å². The maximum absolute atomic E-state index is 5.34. The van der Waals surface area contributed by atoms with Crippen molar-refractivity contribution < 1.29 is 4.74 Å². The summed E-state index contributed by atoms with van der Waals surface area (Å²) < 4.78 is 5.34. The Morgan fingerprint density at radius 1 is 1.67 bits per heavy atom. The second-order valence-corrected chi connectivity index (χ2v) is 2.07. The van der Waals surface area contributed by atoms with Crippen LogP contribution in [0.5, 0.6) is 0 Å². The summed E-state index contributed by atoms with van der Waals surface area (Å²) in [6.45, 7) is 5.07. The number of hydrogen-bond acceptors (Lipinski definition) is 2. The van der Waals surface area contributed by atoms with E-state index in [0.717, 1.165) is 19.7 Å². The molecule has 1 saturated heterocycles. The SMILES string of the molecule is CCO[C@@H]1CCNC1.Cl. The quantitative estimate of drug-likeness (QED) is 0.631. The van der Waals surface area contributed by atoms with Crippen LogP contribution in [0.4, 0.5) is 0 Å². The van der Waals surface area contributed by atoms with Gasteiger partial charge in [-0.25, -0.2) is 0 Å². The molecule has 0 unspecified atom stereocenters. The Bertz CT molecular complexity index is 64.1. The fourth-order valence-corrected chi connectivity index (χ4v) is 1.01. The van der Waals surface area contributed by atoms with Crippen LogP contribution in [0.15, 0.2) is 0 Å². The van der Waals surface area contributed by atoms with Crippen LogP contribution in [-0.2, 0) is 4.74 Å². The first-order chi connectivity index (χ1) is 3.93. The molecule has 0 saturated carbocycles. The monoisotopic (exact) mass is 151 g/mol. The summed E-state index contributed by atoms with van der Waals surface area (Å²) in [6.07, 6.45) is 1.69. The molecule has 2 nitrogen and oxygen atoms in total. The Morgan fingerprint density at radius 3 is 2.89 bits per heavy atom. The molecule has 0 aromatic carbocycles. The van der Waals surface area contributed by atoms with Crippen molar-refractivity contribution in [3.05, 3.63) is 0 Å². The number of halogens is 1. The molecule has 0 aromatic rings. The molecule has 1 aliphatic heterocycles. The van der Waals surface area contributed by atoms with Gasteiger partial charge in [-0.1, -0.05) is 0 Å². The number of hydrogen-bond donors (Lipinski definition) is 1. The minimum absolute atomic E-state index is 0. The standard InChI is InChI=1S/C6H13NO.ClH/c1-2-8-6-3-4-7-5-6;/h6-7H,2-5H2,1H3;1H/t6-;/m1./s1. The summed E-state index contributed by atoms with van der Waals surface area (Å²) in [5.41, 5.74) is 0. The Hall–Kier alpha value is 0.210. The molecule has 0 bridgehead atoms. The van der Waals surface area contributed by atoms with E-state index < -0.39 is 0 Å². The first kappa shape index (κ1) is 9.21. The van der Waals surface area contributed by atoms with Crippen LogP contribution in [0.2, 0.25) is 0 Å². The maximum Gasteiger partial charge on any atom is 0.0711 e. The largest absolute Gasteiger partial charge is 0.377 e. The van der Waals surface area contributed by atoms with Crippen molar-refractivity contribution in [3.8, 4) is 0 Å². The van der Waals surface area contributed by atoms with Gasteiger partial charge in [-0.15, -0.1) is 12.4 Å². The Balaban J connectivity index is 0.000000640. The molecular weight excluding hydrogens is 138 g/mol. The molecule has 1 fully saturated rings. The minimum atomic E-state index is 0. The number of nitrogens with one attached hydrogen (secondary N) is 1. The molecule has 1 N–H and O–H groups in total. The predicted octanol–water partition coefficient (Wildman–Crippen LogP) is 0.807. The number of rotatable bonds is 2. The lowest BCUT2D eigenvalue weighted by molar-refractivity contribution is 0.0775. The molecule has 1 heterocycles. The van der Waals surface area contributed by atoms with Crippen LogP contribution >= 0.6 is 12.4 Å². The van der Waals surface area contributed by atoms with Crippen molar-refractivity contribution in [2.24, 2.45) is 0 Å². The summed E-state index contributed by atoms with van der Waals surface area (Å²) in [5, 5.41) is 3.23. The molecule has 56 valence electrons. The van der Waals surface area contributed by atoms with Gasteiger partial charge in [0.2, 0.25) is 0 Å². The van der Waals surface area contributed by atoms with E-state index in [9.17, 15) is 0 Å². The molecule has 3 heteroatoms. The fraction of sp³-hybridized carbons (Fsp3) is 1.00. The second-order valence-electron chi connectivity index (χ2n) is 2.07. The molecule has 1 rings (SSSR count). The zero-order chi connectivity index (χ0) is 5.82. The number of ether oxygens (including phenoxy) is 1. The summed E-state index contributed by atoms with van der Waals surface area (Å²) in [4.78, 5) is 0. The first-order valence-electron chi connectivity index (χ1n) is 3.26. The molecule has 9 heavy (non-hydrogen) atoms. The highest BCUT2D eigenvalue weighted by atomic mass is 35.5. The molecule has 1 atom stereocenters. The average Bonchev–Trinajstić information content (AvgIpc) is 2.19. The van der Waals surface area contributed by atoms with E-state index >= 15 is 0 Å². The summed E-state index contributed by atoms with van der Waals surface area (Å²) >= 11 is 0. The van der Waals surface area contributed by atoms with E-state index in [1.54, 1.807) is 0 Å². The van der Waals surface area contributed by atoms with E-state index in [4.69, 9.17) is 4.74 Å². The van der Waals surface area contributed by atoms with Gasteiger partial charge < -0.3 is 10.1 Å². The van der Waals surface area contributed by atoms with Crippen LogP contribution in [0.25, 0.3) is 0 Å². The maximum atomic E-state index is 5.34. The topological polar surface area (TPSA) is 21.3 Å². The zero-order valence-electron chi connectivity index (χ0n) is 5.72. The fourth-order valence-electron chi connectivity index (χ4n) is 1.01. The second kappa shape index (κ2) is 5.03. The third kappa shape index (κ3) is 3.04. The lowest BCUT2D eigenvalue weighted by Gasteiger charge is -2.05. The van der Waals surface area contributed by atoms with Crippen LogP contribution in [0.1, 0.15) is 13.3 Å². The molecule has 1 aliphatic rings. The van der Waals surface area contributed by atoms with Crippen LogP contribution in [-0.4, -0.2) is 25.8 Å². The first-order valence-corrected chi connectivity index (χ1v) is 3.26. The molecular formula is C6H14ClNO. The Morgan fingerprint density at radius 2 is 2.44 bits per heavy atom. The normalized spacial score (nSPS) is 25.7. The van der Waals surface area contributed by atoms with Gasteiger partial charge >= 0.3 is 0 Å². The van der Waals surface area contributed by atoms with Gasteiger partial charge in [0, 0.05) is 13.2 Å². The van der Waals surface area contributed by atoms with Gasteiger partial charge in [0.15, 0.2) is 0 Å². The predicted molar refractivity (Wildman–Crippen MR) is 40.1 cm³/mol. The van der Waals surface area contributed by atoms with Gasteiger partial charge in [0.1, 0.15) is 0 Å².